The Morgan fingerprint density at radius 1 is 1.33 bits per heavy atom. The van der Waals surface area contributed by atoms with Gasteiger partial charge in [0.2, 0.25) is 11.8 Å². The minimum atomic E-state index is -0.608. The summed E-state index contributed by atoms with van der Waals surface area (Å²) < 4.78 is 5.03. The third-order valence-electron chi connectivity index (χ3n) is 2.97. The van der Waals surface area contributed by atoms with E-state index in [9.17, 15) is 9.59 Å². The van der Waals surface area contributed by atoms with Gasteiger partial charge < -0.3 is 21.1 Å². The summed E-state index contributed by atoms with van der Waals surface area (Å²) in [6.45, 7) is 4.08. The summed E-state index contributed by atoms with van der Waals surface area (Å²) in [6, 6.07) is 6.73. The van der Waals surface area contributed by atoms with Gasteiger partial charge in [0.25, 0.3) is 0 Å². The third kappa shape index (κ3) is 5.93. The average molecular weight is 293 g/mol. The van der Waals surface area contributed by atoms with E-state index >= 15 is 0 Å². The van der Waals surface area contributed by atoms with Crippen molar-refractivity contribution in [2.24, 2.45) is 11.7 Å². The SMILES string of the molecule is COCc1cccc(NC(=O)CNC(=O)[C@@H](N)C(C)C)c1. The molecule has 0 saturated heterocycles. The Labute approximate surface area is 125 Å². The number of carbonyl (C=O) groups excluding carboxylic acids is 2. The van der Waals surface area contributed by atoms with E-state index in [4.69, 9.17) is 10.5 Å². The van der Waals surface area contributed by atoms with Gasteiger partial charge in [-0.05, 0) is 23.6 Å². The van der Waals surface area contributed by atoms with E-state index in [0.717, 1.165) is 5.56 Å². The van der Waals surface area contributed by atoms with Crippen LogP contribution in [0.5, 0.6) is 0 Å². The second-order valence-electron chi connectivity index (χ2n) is 5.17. The molecule has 2 amide bonds. The van der Waals surface area contributed by atoms with E-state index in [0.29, 0.717) is 12.3 Å². The molecule has 1 rings (SSSR count). The number of methoxy groups -OCH3 is 1. The fourth-order valence-corrected chi connectivity index (χ4v) is 1.70. The highest BCUT2D eigenvalue weighted by Gasteiger charge is 2.17. The van der Waals surface area contributed by atoms with Crippen LogP contribution in [0.3, 0.4) is 0 Å². The smallest absolute Gasteiger partial charge is 0.243 e. The number of hydrogen-bond donors (Lipinski definition) is 3. The normalized spacial score (nSPS) is 12.0. The van der Waals surface area contributed by atoms with Crippen molar-refractivity contribution in [3.63, 3.8) is 0 Å². The van der Waals surface area contributed by atoms with Gasteiger partial charge in [0.15, 0.2) is 0 Å². The molecule has 0 bridgehead atoms. The van der Waals surface area contributed by atoms with Gasteiger partial charge in [-0.15, -0.1) is 0 Å². The van der Waals surface area contributed by atoms with Crippen molar-refractivity contribution in [1.82, 2.24) is 5.32 Å². The van der Waals surface area contributed by atoms with E-state index in [-0.39, 0.29) is 24.3 Å². The first-order valence-electron chi connectivity index (χ1n) is 6.85. The second-order valence-corrected chi connectivity index (χ2v) is 5.17. The molecule has 0 heterocycles. The molecule has 4 N–H and O–H groups in total. The van der Waals surface area contributed by atoms with Crippen molar-refractivity contribution in [2.75, 3.05) is 19.0 Å². The maximum atomic E-state index is 11.8. The van der Waals surface area contributed by atoms with Crippen LogP contribution in [0.25, 0.3) is 0 Å². The van der Waals surface area contributed by atoms with Gasteiger partial charge in [-0.1, -0.05) is 26.0 Å². The first-order valence-corrected chi connectivity index (χ1v) is 6.85. The summed E-state index contributed by atoms with van der Waals surface area (Å²) in [5.74, 6) is -0.596. The molecule has 0 aliphatic rings. The molecule has 0 aromatic heterocycles. The average Bonchev–Trinajstić information content (AvgIpc) is 2.44. The Bertz CT molecular complexity index is 489. The first kappa shape index (κ1) is 17.1. The zero-order chi connectivity index (χ0) is 15.8. The number of nitrogens with one attached hydrogen (secondary N) is 2. The van der Waals surface area contributed by atoms with E-state index in [1.807, 2.05) is 32.0 Å². The Balaban J connectivity index is 2.47. The molecular weight excluding hydrogens is 270 g/mol. The fourth-order valence-electron chi connectivity index (χ4n) is 1.70. The number of amides is 2. The molecule has 0 spiro atoms. The van der Waals surface area contributed by atoms with Crippen LogP contribution in [0.4, 0.5) is 5.69 Å². The molecule has 0 unspecified atom stereocenters. The molecule has 1 atom stereocenters. The standard InChI is InChI=1S/C15H23N3O3/c1-10(2)14(16)15(20)17-8-13(19)18-12-6-4-5-11(7-12)9-21-3/h4-7,10,14H,8-9,16H2,1-3H3,(H,17,20)(H,18,19)/t14-/m0/s1. The van der Waals surface area contributed by atoms with Gasteiger partial charge in [-0.3, -0.25) is 9.59 Å². The van der Waals surface area contributed by atoms with Crippen molar-refractivity contribution in [1.29, 1.82) is 0 Å². The van der Waals surface area contributed by atoms with Crippen LogP contribution in [0.2, 0.25) is 0 Å². The molecule has 6 heteroatoms. The quantitative estimate of drug-likeness (QED) is 0.695. The lowest BCUT2D eigenvalue weighted by atomic mass is 10.1. The topological polar surface area (TPSA) is 93.5 Å². The molecule has 1 aromatic carbocycles. The largest absolute Gasteiger partial charge is 0.380 e. The summed E-state index contributed by atoms with van der Waals surface area (Å²) in [5.41, 5.74) is 7.32. The number of hydrogen-bond acceptors (Lipinski definition) is 4. The molecule has 0 aliphatic carbocycles. The lowest BCUT2D eigenvalue weighted by Gasteiger charge is -2.15. The van der Waals surface area contributed by atoms with Crippen molar-refractivity contribution in [3.05, 3.63) is 29.8 Å². The predicted molar refractivity (Wildman–Crippen MR) is 81.6 cm³/mol. The molecule has 0 radical (unpaired) electrons. The highest BCUT2D eigenvalue weighted by molar-refractivity contribution is 5.95. The minimum absolute atomic E-state index is 0.0267. The zero-order valence-corrected chi connectivity index (χ0v) is 12.7. The zero-order valence-electron chi connectivity index (χ0n) is 12.7. The van der Waals surface area contributed by atoms with Crippen molar-refractivity contribution >= 4 is 17.5 Å². The number of ether oxygens (including phenoxy) is 1. The lowest BCUT2D eigenvalue weighted by molar-refractivity contribution is -0.125. The van der Waals surface area contributed by atoms with Crippen LogP contribution in [0, 0.1) is 5.92 Å². The number of carbonyl (C=O) groups is 2. The summed E-state index contributed by atoms with van der Waals surface area (Å²) in [4.78, 5) is 23.4. The molecule has 21 heavy (non-hydrogen) atoms. The van der Waals surface area contributed by atoms with Gasteiger partial charge in [-0.25, -0.2) is 0 Å². The molecular formula is C15H23N3O3. The molecule has 1 aromatic rings. The van der Waals surface area contributed by atoms with Crippen LogP contribution in [0.1, 0.15) is 19.4 Å². The highest BCUT2D eigenvalue weighted by Crippen LogP contribution is 2.11. The maximum Gasteiger partial charge on any atom is 0.243 e. The Morgan fingerprint density at radius 2 is 2.05 bits per heavy atom. The van der Waals surface area contributed by atoms with Gasteiger partial charge in [0.1, 0.15) is 0 Å². The molecule has 0 saturated carbocycles. The summed E-state index contributed by atoms with van der Waals surface area (Å²) >= 11 is 0. The van der Waals surface area contributed by atoms with Gasteiger partial charge in [-0.2, -0.15) is 0 Å². The molecule has 6 nitrogen and oxygen atoms in total. The number of rotatable bonds is 7. The van der Waals surface area contributed by atoms with Crippen LogP contribution >= 0.6 is 0 Å². The maximum absolute atomic E-state index is 11.8. The lowest BCUT2D eigenvalue weighted by Crippen LogP contribution is -2.46. The molecule has 0 aliphatic heterocycles. The Morgan fingerprint density at radius 3 is 2.67 bits per heavy atom. The molecule has 116 valence electrons. The predicted octanol–water partition coefficient (Wildman–Crippen LogP) is 0.871. The van der Waals surface area contributed by atoms with Crippen LogP contribution in [-0.2, 0) is 20.9 Å². The van der Waals surface area contributed by atoms with E-state index in [2.05, 4.69) is 10.6 Å². The van der Waals surface area contributed by atoms with Crippen LogP contribution in [0.15, 0.2) is 24.3 Å². The van der Waals surface area contributed by atoms with E-state index in [1.54, 1.807) is 13.2 Å². The summed E-state index contributed by atoms with van der Waals surface area (Å²) in [5, 5.41) is 5.24. The molecule has 0 fully saturated rings. The Hall–Kier alpha value is -1.92. The fraction of sp³-hybridized carbons (Fsp3) is 0.467. The third-order valence-corrected chi connectivity index (χ3v) is 2.97. The number of benzene rings is 1. The number of nitrogens with two attached hydrogens (primary N) is 1. The second kappa shape index (κ2) is 8.39. The number of anilines is 1. The van der Waals surface area contributed by atoms with Crippen molar-refractivity contribution < 1.29 is 14.3 Å². The van der Waals surface area contributed by atoms with Gasteiger partial charge in [0.05, 0.1) is 19.2 Å². The highest BCUT2D eigenvalue weighted by atomic mass is 16.5. The van der Waals surface area contributed by atoms with Crippen molar-refractivity contribution in [3.8, 4) is 0 Å². The summed E-state index contributed by atoms with van der Waals surface area (Å²) in [7, 11) is 1.61. The van der Waals surface area contributed by atoms with Crippen LogP contribution in [-0.4, -0.2) is 31.5 Å². The minimum Gasteiger partial charge on any atom is -0.380 e. The first-order chi connectivity index (χ1) is 9.93. The van der Waals surface area contributed by atoms with E-state index < -0.39 is 6.04 Å². The summed E-state index contributed by atoms with van der Waals surface area (Å²) in [6.07, 6.45) is 0. The van der Waals surface area contributed by atoms with Gasteiger partial charge in [0, 0.05) is 12.8 Å². The Kier molecular flexibility index (Phi) is 6.84. The van der Waals surface area contributed by atoms with Gasteiger partial charge >= 0.3 is 0 Å². The van der Waals surface area contributed by atoms with Crippen molar-refractivity contribution in [2.45, 2.75) is 26.5 Å². The van der Waals surface area contributed by atoms with E-state index in [1.165, 1.54) is 0 Å². The van der Waals surface area contributed by atoms with Crippen LogP contribution < -0.4 is 16.4 Å². The monoisotopic (exact) mass is 293 g/mol.